The molecule has 2 heteroatoms. The first kappa shape index (κ1) is 7.32. The van der Waals surface area contributed by atoms with Gasteiger partial charge in [0.25, 0.3) is 6.47 Å². The van der Waals surface area contributed by atoms with Gasteiger partial charge in [-0.25, -0.2) is 0 Å². The maximum atomic E-state index is 9.92. The van der Waals surface area contributed by atoms with Crippen molar-refractivity contribution < 1.29 is 9.53 Å². The molecule has 0 bridgehead atoms. The van der Waals surface area contributed by atoms with E-state index in [1.165, 1.54) is 12.8 Å². The summed E-state index contributed by atoms with van der Waals surface area (Å²) in [5, 5.41) is 0. The van der Waals surface area contributed by atoms with E-state index in [9.17, 15) is 4.79 Å². The van der Waals surface area contributed by atoms with Gasteiger partial charge >= 0.3 is 0 Å². The van der Waals surface area contributed by atoms with Crippen LogP contribution < -0.4 is 0 Å². The fourth-order valence-electron chi connectivity index (χ4n) is 1.15. The van der Waals surface area contributed by atoms with Gasteiger partial charge in [-0.15, -0.1) is 0 Å². The Labute approximate surface area is 60.9 Å². The van der Waals surface area contributed by atoms with Gasteiger partial charge in [-0.2, -0.15) is 0 Å². The fourth-order valence-corrected chi connectivity index (χ4v) is 1.15. The molecule has 0 aliphatic heterocycles. The van der Waals surface area contributed by atoms with Crippen LogP contribution in [-0.4, -0.2) is 6.47 Å². The van der Waals surface area contributed by atoms with Crippen LogP contribution in [0.5, 0.6) is 0 Å². The Kier molecular flexibility index (Phi) is 3.00. The zero-order valence-corrected chi connectivity index (χ0v) is 6.01. The Bertz CT molecular complexity index is 138. The molecule has 0 aromatic carbocycles. The maximum absolute atomic E-state index is 9.92. The highest BCUT2D eigenvalue weighted by atomic mass is 16.5. The molecule has 0 spiro atoms. The summed E-state index contributed by atoms with van der Waals surface area (Å²) in [7, 11) is 0. The number of rotatable bonds is 2. The molecule has 0 aromatic rings. The van der Waals surface area contributed by atoms with Crippen LogP contribution in [0.3, 0.4) is 0 Å². The van der Waals surface area contributed by atoms with E-state index < -0.39 is 0 Å². The van der Waals surface area contributed by atoms with Gasteiger partial charge in [-0.05, 0) is 25.3 Å². The molecule has 0 heterocycles. The highest BCUT2D eigenvalue weighted by Crippen LogP contribution is 2.16. The Balaban J connectivity index is 2.38. The van der Waals surface area contributed by atoms with E-state index in [0.29, 0.717) is 6.47 Å². The maximum Gasteiger partial charge on any atom is 0.298 e. The van der Waals surface area contributed by atoms with Gasteiger partial charge in [0.15, 0.2) is 0 Å². The SMILES string of the molecule is O=COC1=CCCCCC1. The molecule has 10 heavy (non-hydrogen) atoms. The van der Waals surface area contributed by atoms with Gasteiger partial charge in [0.1, 0.15) is 5.76 Å². The molecular weight excluding hydrogens is 128 g/mol. The topological polar surface area (TPSA) is 26.3 Å². The van der Waals surface area contributed by atoms with Crippen molar-refractivity contribution in [2.24, 2.45) is 0 Å². The third-order valence-corrected chi connectivity index (χ3v) is 1.70. The van der Waals surface area contributed by atoms with Crippen molar-refractivity contribution in [2.45, 2.75) is 32.1 Å². The van der Waals surface area contributed by atoms with Crippen LogP contribution in [0.2, 0.25) is 0 Å². The second-order valence-corrected chi connectivity index (χ2v) is 2.48. The lowest BCUT2D eigenvalue weighted by molar-refractivity contribution is -0.125. The van der Waals surface area contributed by atoms with Crippen molar-refractivity contribution in [1.29, 1.82) is 0 Å². The van der Waals surface area contributed by atoms with Crippen LogP contribution in [0.4, 0.5) is 0 Å². The van der Waals surface area contributed by atoms with Crippen LogP contribution >= 0.6 is 0 Å². The summed E-state index contributed by atoms with van der Waals surface area (Å²) in [6, 6.07) is 0. The van der Waals surface area contributed by atoms with Gasteiger partial charge < -0.3 is 4.74 Å². The predicted octanol–water partition coefficient (Wildman–Crippen LogP) is 2.01. The van der Waals surface area contributed by atoms with Gasteiger partial charge in [-0.1, -0.05) is 6.42 Å². The molecule has 0 atom stereocenters. The van der Waals surface area contributed by atoms with Crippen LogP contribution in [0.15, 0.2) is 11.8 Å². The average molecular weight is 140 g/mol. The number of hydrogen-bond donors (Lipinski definition) is 0. The van der Waals surface area contributed by atoms with Crippen molar-refractivity contribution in [2.75, 3.05) is 0 Å². The normalized spacial score (nSPS) is 19.0. The summed E-state index contributed by atoms with van der Waals surface area (Å²) in [4.78, 5) is 9.92. The first-order valence-corrected chi connectivity index (χ1v) is 3.73. The Morgan fingerprint density at radius 2 is 2.30 bits per heavy atom. The van der Waals surface area contributed by atoms with Crippen LogP contribution in [-0.2, 0) is 9.53 Å². The second kappa shape index (κ2) is 4.09. The zero-order valence-electron chi connectivity index (χ0n) is 6.01. The molecule has 56 valence electrons. The van der Waals surface area contributed by atoms with Crippen molar-refractivity contribution >= 4 is 6.47 Å². The molecule has 0 fully saturated rings. The summed E-state index contributed by atoms with van der Waals surface area (Å²) in [5.74, 6) is 0.854. The predicted molar refractivity (Wildman–Crippen MR) is 38.3 cm³/mol. The molecule has 0 amide bonds. The molecule has 2 nitrogen and oxygen atoms in total. The molecule has 0 saturated carbocycles. The molecule has 1 rings (SSSR count). The quantitative estimate of drug-likeness (QED) is 0.548. The first-order chi connectivity index (χ1) is 4.93. The number of hydrogen-bond acceptors (Lipinski definition) is 2. The Hall–Kier alpha value is -0.790. The second-order valence-electron chi connectivity index (χ2n) is 2.48. The average Bonchev–Trinajstić information content (AvgIpc) is 2.17. The molecule has 0 saturated heterocycles. The molecular formula is C8H12O2. The number of ether oxygens (including phenoxy) is 1. The largest absolute Gasteiger partial charge is 0.434 e. The number of allylic oxidation sites excluding steroid dienone is 2. The van der Waals surface area contributed by atoms with E-state index in [-0.39, 0.29) is 0 Å². The van der Waals surface area contributed by atoms with Gasteiger partial charge in [0, 0.05) is 6.42 Å². The summed E-state index contributed by atoms with van der Waals surface area (Å²) in [6.45, 7) is 0.511. The van der Waals surface area contributed by atoms with Crippen molar-refractivity contribution in [3.05, 3.63) is 11.8 Å². The van der Waals surface area contributed by atoms with Crippen molar-refractivity contribution in [1.82, 2.24) is 0 Å². The lowest BCUT2D eigenvalue weighted by Crippen LogP contribution is -1.87. The number of carbonyl (C=O) groups is 1. The Morgan fingerprint density at radius 3 is 3.10 bits per heavy atom. The third kappa shape index (κ3) is 2.21. The summed E-state index contributed by atoms with van der Waals surface area (Å²) >= 11 is 0. The van der Waals surface area contributed by atoms with Crippen LogP contribution in [0, 0.1) is 0 Å². The Morgan fingerprint density at radius 1 is 1.40 bits per heavy atom. The van der Waals surface area contributed by atoms with Crippen LogP contribution in [0.25, 0.3) is 0 Å². The van der Waals surface area contributed by atoms with Crippen molar-refractivity contribution in [3.8, 4) is 0 Å². The smallest absolute Gasteiger partial charge is 0.298 e. The fraction of sp³-hybridized carbons (Fsp3) is 0.625. The highest BCUT2D eigenvalue weighted by Gasteiger charge is 2.01. The van der Waals surface area contributed by atoms with E-state index in [2.05, 4.69) is 0 Å². The molecule has 0 N–H and O–H groups in total. The first-order valence-electron chi connectivity index (χ1n) is 3.73. The lowest BCUT2D eigenvalue weighted by Gasteiger charge is -1.98. The number of carbonyl (C=O) groups excluding carboxylic acids is 1. The highest BCUT2D eigenvalue weighted by molar-refractivity contribution is 5.39. The van der Waals surface area contributed by atoms with E-state index in [1.54, 1.807) is 0 Å². The molecule has 0 aromatic heterocycles. The molecule has 0 unspecified atom stereocenters. The zero-order chi connectivity index (χ0) is 7.23. The summed E-state index contributed by atoms with van der Waals surface area (Å²) in [5.41, 5.74) is 0. The third-order valence-electron chi connectivity index (χ3n) is 1.70. The summed E-state index contributed by atoms with van der Waals surface area (Å²) < 4.78 is 4.74. The molecule has 0 radical (unpaired) electrons. The van der Waals surface area contributed by atoms with E-state index in [4.69, 9.17) is 4.74 Å². The van der Waals surface area contributed by atoms with E-state index in [1.807, 2.05) is 6.08 Å². The van der Waals surface area contributed by atoms with Crippen LogP contribution in [0.1, 0.15) is 32.1 Å². The van der Waals surface area contributed by atoms with Crippen molar-refractivity contribution in [3.63, 3.8) is 0 Å². The van der Waals surface area contributed by atoms with E-state index >= 15 is 0 Å². The standard InChI is InChI=1S/C8H12O2/c9-7-10-8-5-3-1-2-4-6-8/h5,7H,1-4,6H2. The monoisotopic (exact) mass is 140 g/mol. The van der Waals surface area contributed by atoms with E-state index in [0.717, 1.165) is 25.0 Å². The minimum absolute atomic E-state index is 0.511. The van der Waals surface area contributed by atoms with Gasteiger partial charge in [0.2, 0.25) is 0 Å². The van der Waals surface area contributed by atoms with Gasteiger partial charge in [0.05, 0.1) is 0 Å². The lowest BCUT2D eigenvalue weighted by atomic mass is 10.2. The summed E-state index contributed by atoms with van der Waals surface area (Å²) in [6.07, 6.45) is 7.64. The molecule has 1 aliphatic rings. The minimum Gasteiger partial charge on any atom is -0.434 e. The minimum atomic E-state index is 0.511. The van der Waals surface area contributed by atoms with Gasteiger partial charge in [-0.3, -0.25) is 4.79 Å². The molecule has 1 aliphatic carbocycles.